The van der Waals surface area contributed by atoms with Gasteiger partial charge in [-0.2, -0.15) is 18.3 Å². The minimum absolute atomic E-state index is 0.183. The van der Waals surface area contributed by atoms with Gasteiger partial charge >= 0.3 is 6.18 Å². The van der Waals surface area contributed by atoms with Crippen LogP contribution in [0.15, 0.2) is 102 Å². The van der Waals surface area contributed by atoms with Gasteiger partial charge in [-0.25, -0.2) is 13.8 Å². The average molecular weight is 518 g/mol. The molecule has 3 aromatic carbocycles. The fraction of sp³-hybridized carbons (Fsp3) is 0.120. The number of nitrogens with zero attached hydrogens (tertiary/aromatic N) is 2. The molecule has 0 aliphatic carbocycles. The summed E-state index contributed by atoms with van der Waals surface area (Å²) >= 11 is 0. The fourth-order valence-electron chi connectivity index (χ4n) is 3.02. The monoisotopic (exact) mass is 517 g/mol. The van der Waals surface area contributed by atoms with Crippen molar-refractivity contribution in [3.05, 3.63) is 103 Å². The van der Waals surface area contributed by atoms with Crippen molar-refractivity contribution in [1.29, 1.82) is 0 Å². The molecule has 36 heavy (non-hydrogen) atoms. The van der Waals surface area contributed by atoms with E-state index in [0.717, 1.165) is 12.1 Å². The van der Waals surface area contributed by atoms with Crippen molar-refractivity contribution in [2.24, 2.45) is 5.10 Å². The third kappa shape index (κ3) is 6.95. The summed E-state index contributed by atoms with van der Waals surface area (Å²) in [6, 6.07) is 17.6. The second-order valence-electron chi connectivity index (χ2n) is 7.33. The van der Waals surface area contributed by atoms with Gasteiger partial charge in [-0.15, -0.1) is 0 Å². The number of hydrogen-bond acceptors (Lipinski definition) is 5. The van der Waals surface area contributed by atoms with Gasteiger partial charge in [0, 0.05) is 0 Å². The molecule has 7 nitrogen and oxygen atoms in total. The summed E-state index contributed by atoms with van der Waals surface area (Å²) in [6.45, 7) is 3.10. The number of sulfonamides is 1. The van der Waals surface area contributed by atoms with Gasteiger partial charge in [0.15, 0.2) is 0 Å². The number of nitrogens with one attached hydrogen (secondary N) is 1. The molecule has 0 aromatic heterocycles. The van der Waals surface area contributed by atoms with Gasteiger partial charge in [-0.3, -0.25) is 9.10 Å². The SMILES string of the molecule is C=CCOc1ccc(/C=N/NC(=O)CN(c2cccc(C(F)(F)F)c2)S(=O)(=O)c2ccccc2)cc1. The summed E-state index contributed by atoms with van der Waals surface area (Å²) in [7, 11) is -4.37. The van der Waals surface area contributed by atoms with Crippen LogP contribution in [0.2, 0.25) is 0 Å². The van der Waals surface area contributed by atoms with Gasteiger partial charge in [0.2, 0.25) is 0 Å². The Morgan fingerprint density at radius 1 is 1.03 bits per heavy atom. The van der Waals surface area contributed by atoms with E-state index in [1.165, 1.54) is 36.5 Å². The maximum atomic E-state index is 13.2. The third-order valence-corrected chi connectivity index (χ3v) is 6.52. The van der Waals surface area contributed by atoms with E-state index in [1.807, 2.05) is 0 Å². The maximum absolute atomic E-state index is 13.2. The predicted molar refractivity (Wildman–Crippen MR) is 130 cm³/mol. The molecule has 0 unspecified atom stereocenters. The van der Waals surface area contributed by atoms with E-state index in [-0.39, 0.29) is 10.6 Å². The van der Waals surface area contributed by atoms with E-state index < -0.39 is 34.2 Å². The second kappa shape index (κ2) is 11.5. The van der Waals surface area contributed by atoms with Gasteiger partial charge in [0.25, 0.3) is 15.9 Å². The Bertz CT molecular complexity index is 1330. The van der Waals surface area contributed by atoms with E-state index >= 15 is 0 Å². The standard InChI is InChI=1S/C25H22F3N3O4S/c1-2-15-35-22-13-11-19(12-14-22)17-29-30-24(32)18-31(36(33,34)23-9-4-3-5-10-23)21-8-6-7-20(16-21)25(26,27)28/h2-14,16-17H,1,15,18H2,(H,30,32)/b29-17+. The Kier molecular flexibility index (Phi) is 8.49. The fourth-order valence-corrected chi connectivity index (χ4v) is 4.46. The largest absolute Gasteiger partial charge is 0.490 e. The van der Waals surface area contributed by atoms with Crippen molar-refractivity contribution >= 4 is 27.8 Å². The molecule has 0 aliphatic heterocycles. The van der Waals surface area contributed by atoms with Crippen LogP contribution in [-0.2, 0) is 21.0 Å². The van der Waals surface area contributed by atoms with Gasteiger partial charge < -0.3 is 4.74 Å². The zero-order chi connectivity index (χ0) is 26.2. The maximum Gasteiger partial charge on any atom is 0.416 e. The van der Waals surface area contributed by atoms with Crippen molar-refractivity contribution in [2.45, 2.75) is 11.1 Å². The molecule has 0 heterocycles. The number of carbonyl (C=O) groups excluding carboxylic acids is 1. The van der Waals surface area contributed by atoms with Crippen molar-refractivity contribution < 1.29 is 31.1 Å². The number of alkyl halides is 3. The number of halogens is 3. The van der Waals surface area contributed by atoms with E-state index in [4.69, 9.17) is 4.74 Å². The number of hydrogen-bond donors (Lipinski definition) is 1. The van der Waals surface area contributed by atoms with Crippen LogP contribution in [0.5, 0.6) is 5.75 Å². The lowest BCUT2D eigenvalue weighted by molar-refractivity contribution is -0.137. The second-order valence-corrected chi connectivity index (χ2v) is 9.20. The van der Waals surface area contributed by atoms with Gasteiger partial charge in [-0.1, -0.05) is 36.9 Å². The molecule has 0 spiro atoms. The summed E-state index contributed by atoms with van der Waals surface area (Å²) in [5, 5.41) is 3.81. The average Bonchev–Trinajstić information content (AvgIpc) is 2.87. The lowest BCUT2D eigenvalue weighted by atomic mass is 10.2. The van der Waals surface area contributed by atoms with Crippen molar-refractivity contribution in [1.82, 2.24) is 5.43 Å². The van der Waals surface area contributed by atoms with Crippen LogP contribution in [0.4, 0.5) is 18.9 Å². The molecule has 0 saturated carbocycles. The van der Waals surface area contributed by atoms with Crippen molar-refractivity contribution in [2.75, 3.05) is 17.5 Å². The number of benzene rings is 3. The molecule has 1 N–H and O–H groups in total. The lowest BCUT2D eigenvalue weighted by Gasteiger charge is -2.24. The molecule has 188 valence electrons. The van der Waals surface area contributed by atoms with Crippen molar-refractivity contribution in [3.8, 4) is 5.75 Å². The number of anilines is 1. The van der Waals surface area contributed by atoms with Crippen LogP contribution in [0.3, 0.4) is 0 Å². The summed E-state index contributed by atoms with van der Waals surface area (Å²) in [4.78, 5) is 12.4. The Balaban J connectivity index is 1.81. The Morgan fingerprint density at radius 2 is 1.72 bits per heavy atom. The minimum atomic E-state index is -4.70. The van der Waals surface area contributed by atoms with Gasteiger partial charge in [0.05, 0.1) is 22.4 Å². The normalized spacial score (nSPS) is 11.8. The number of carbonyl (C=O) groups is 1. The molecule has 11 heteroatoms. The molecule has 3 rings (SSSR count). The number of amides is 1. The Morgan fingerprint density at radius 3 is 2.36 bits per heavy atom. The predicted octanol–water partition coefficient (Wildman–Crippen LogP) is 4.62. The molecule has 1 amide bonds. The molecule has 0 radical (unpaired) electrons. The molecule has 0 saturated heterocycles. The van der Waals surface area contributed by atoms with Gasteiger partial charge in [-0.05, 0) is 60.2 Å². The zero-order valence-electron chi connectivity index (χ0n) is 18.9. The first-order chi connectivity index (χ1) is 17.1. The Labute approximate surface area is 206 Å². The summed E-state index contributed by atoms with van der Waals surface area (Å²) in [6.07, 6.45) is -1.77. The molecular formula is C25H22F3N3O4S. The van der Waals surface area contributed by atoms with E-state index in [0.29, 0.717) is 28.3 Å². The smallest absolute Gasteiger partial charge is 0.416 e. The number of hydrazone groups is 1. The molecule has 0 fully saturated rings. The van der Waals surface area contributed by atoms with E-state index in [2.05, 4.69) is 17.1 Å². The van der Waals surface area contributed by atoms with Crippen LogP contribution in [0, 0.1) is 0 Å². The van der Waals surface area contributed by atoms with Crippen LogP contribution in [0.25, 0.3) is 0 Å². The highest BCUT2D eigenvalue weighted by Crippen LogP contribution is 2.33. The van der Waals surface area contributed by atoms with Gasteiger partial charge in [0.1, 0.15) is 18.9 Å². The van der Waals surface area contributed by atoms with Crippen LogP contribution in [0.1, 0.15) is 11.1 Å². The van der Waals surface area contributed by atoms with Crippen LogP contribution in [-0.4, -0.2) is 33.7 Å². The zero-order valence-corrected chi connectivity index (χ0v) is 19.7. The summed E-state index contributed by atoms with van der Waals surface area (Å²) in [5.41, 5.74) is 1.46. The summed E-state index contributed by atoms with van der Waals surface area (Å²) < 4.78 is 72.2. The highest BCUT2D eigenvalue weighted by atomic mass is 32.2. The topological polar surface area (TPSA) is 88.1 Å². The quantitative estimate of drug-likeness (QED) is 0.242. The summed E-state index contributed by atoms with van der Waals surface area (Å²) in [5.74, 6) is -0.243. The van der Waals surface area contributed by atoms with E-state index in [9.17, 15) is 26.4 Å². The first kappa shape index (κ1) is 26.5. The minimum Gasteiger partial charge on any atom is -0.490 e. The third-order valence-electron chi connectivity index (χ3n) is 4.73. The Hall–Kier alpha value is -4.12. The number of ether oxygens (including phenoxy) is 1. The highest BCUT2D eigenvalue weighted by Gasteiger charge is 2.33. The molecule has 0 aliphatic rings. The lowest BCUT2D eigenvalue weighted by Crippen LogP contribution is -2.39. The molecule has 0 bridgehead atoms. The molecule has 3 aromatic rings. The first-order valence-corrected chi connectivity index (χ1v) is 12.0. The highest BCUT2D eigenvalue weighted by molar-refractivity contribution is 7.92. The van der Waals surface area contributed by atoms with E-state index in [1.54, 1.807) is 36.4 Å². The number of rotatable bonds is 10. The van der Waals surface area contributed by atoms with Crippen molar-refractivity contribution in [3.63, 3.8) is 0 Å². The first-order valence-electron chi connectivity index (χ1n) is 10.5. The molecular weight excluding hydrogens is 495 g/mol. The van der Waals surface area contributed by atoms with Crippen LogP contribution < -0.4 is 14.5 Å². The molecule has 0 atom stereocenters. The van der Waals surface area contributed by atoms with Crippen LogP contribution >= 0.6 is 0 Å².